The Morgan fingerprint density at radius 2 is 2.20 bits per heavy atom. The lowest BCUT2D eigenvalue weighted by Crippen LogP contribution is -2.40. The quantitative estimate of drug-likeness (QED) is 0.921. The number of anilines is 1. The van der Waals surface area contributed by atoms with Gasteiger partial charge < -0.3 is 15.0 Å². The van der Waals surface area contributed by atoms with Gasteiger partial charge in [0.2, 0.25) is 0 Å². The second-order valence-electron chi connectivity index (χ2n) is 4.52. The van der Waals surface area contributed by atoms with E-state index in [1.165, 1.54) is 0 Å². The number of halogens is 1. The van der Waals surface area contributed by atoms with Crippen LogP contribution in [-0.4, -0.2) is 42.1 Å². The summed E-state index contributed by atoms with van der Waals surface area (Å²) in [6, 6.07) is 5.26. The molecule has 4 nitrogen and oxygen atoms in total. The van der Waals surface area contributed by atoms with Crippen LogP contribution in [0, 0.1) is 0 Å². The predicted molar refractivity (Wildman–Crippen MR) is 85.2 cm³/mol. The van der Waals surface area contributed by atoms with Crippen molar-refractivity contribution in [2.24, 2.45) is 0 Å². The molecule has 0 aliphatic carbocycles. The van der Waals surface area contributed by atoms with E-state index < -0.39 is 0 Å². The summed E-state index contributed by atoms with van der Waals surface area (Å²) in [4.78, 5) is 13.9. The molecule has 0 atom stereocenters. The minimum absolute atomic E-state index is 0.0661. The molecule has 0 unspecified atom stereocenters. The molecule has 0 saturated carbocycles. The number of rotatable bonds is 4. The van der Waals surface area contributed by atoms with Crippen LogP contribution in [0.5, 0.6) is 5.75 Å². The zero-order chi connectivity index (χ0) is 14.4. The van der Waals surface area contributed by atoms with Crippen molar-refractivity contribution in [1.82, 2.24) is 4.90 Å². The van der Waals surface area contributed by atoms with Crippen LogP contribution in [-0.2, 0) is 0 Å². The van der Waals surface area contributed by atoms with E-state index in [1.54, 1.807) is 12.1 Å². The maximum absolute atomic E-state index is 12.1. The van der Waals surface area contributed by atoms with Crippen LogP contribution in [0.3, 0.4) is 0 Å². The molecule has 1 aliphatic rings. The molecule has 1 fully saturated rings. The van der Waals surface area contributed by atoms with Gasteiger partial charge in [-0.2, -0.15) is 11.8 Å². The van der Waals surface area contributed by atoms with Crippen molar-refractivity contribution in [3.8, 4) is 5.75 Å². The van der Waals surface area contributed by atoms with Crippen LogP contribution in [0.1, 0.15) is 13.3 Å². The van der Waals surface area contributed by atoms with Crippen molar-refractivity contribution >= 4 is 35.1 Å². The number of thioether (sulfide) groups is 1. The SMILES string of the molecule is CCCOc1ccc(NC(=O)N2CCSCC2)cc1Cl. The molecule has 110 valence electrons. The van der Waals surface area contributed by atoms with Crippen LogP contribution < -0.4 is 10.1 Å². The number of urea groups is 1. The van der Waals surface area contributed by atoms with Gasteiger partial charge in [-0.15, -0.1) is 0 Å². The number of carbonyl (C=O) groups excluding carboxylic acids is 1. The number of nitrogens with one attached hydrogen (secondary N) is 1. The van der Waals surface area contributed by atoms with Crippen molar-refractivity contribution < 1.29 is 9.53 Å². The van der Waals surface area contributed by atoms with E-state index in [0.29, 0.717) is 23.1 Å². The number of ether oxygens (including phenoxy) is 1. The maximum atomic E-state index is 12.1. The Balaban J connectivity index is 1.95. The normalized spacial score (nSPS) is 15.0. The highest BCUT2D eigenvalue weighted by Gasteiger charge is 2.16. The molecular weight excluding hydrogens is 296 g/mol. The number of hydrogen-bond acceptors (Lipinski definition) is 3. The molecule has 2 amide bonds. The number of amides is 2. The minimum Gasteiger partial charge on any atom is -0.492 e. The Labute approximate surface area is 128 Å². The first-order valence-electron chi connectivity index (χ1n) is 6.76. The van der Waals surface area contributed by atoms with Crippen LogP contribution in [0.25, 0.3) is 0 Å². The van der Waals surface area contributed by atoms with Crippen molar-refractivity contribution in [3.05, 3.63) is 23.2 Å². The summed E-state index contributed by atoms with van der Waals surface area (Å²) in [6.07, 6.45) is 0.932. The van der Waals surface area contributed by atoms with E-state index in [2.05, 4.69) is 5.32 Å². The van der Waals surface area contributed by atoms with Crippen molar-refractivity contribution in [2.75, 3.05) is 36.5 Å². The lowest BCUT2D eigenvalue weighted by molar-refractivity contribution is 0.217. The van der Waals surface area contributed by atoms with Gasteiger partial charge in [-0.1, -0.05) is 18.5 Å². The van der Waals surface area contributed by atoms with E-state index in [4.69, 9.17) is 16.3 Å². The summed E-state index contributed by atoms with van der Waals surface area (Å²) in [5, 5.41) is 3.39. The monoisotopic (exact) mass is 314 g/mol. The Morgan fingerprint density at radius 1 is 1.45 bits per heavy atom. The number of hydrogen-bond donors (Lipinski definition) is 1. The van der Waals surface area contributed by atoms with E-state index in [-0.39, 0.29) is 6.03 Å². The van der Waals surface area contributed by atoms with Crippen LogP contribution >= 0.6 is 23.4 Å². The van der Waals surface area contributed by atoms with Gasteiger partial charge in [0, 0.05) is 30.3 Å². The molecule has 1 aromatic carbocycles. The third-order valence-corrected chi connectivity index (χ3v) is 4.18. The average molecular weight is 315 g/mol. The first kappa shape index (κ1) is 15.3. The molecule has 1 heterocycles. The van der Waals surface area contributed by atoms with E-state index >= 15 is 0 Å². The summed E-state index contributed by atoms with van der Waals surface area (Å²) in [7, 11) is 0. The van der Waals surface area contributed by atoms with Gasteiger partial charge in [-0.25, -0.2) is 4.79 Å². The van der Waals surface area contributed by atoms with Crippen LogP contribution in [0.15, 0.2) is 18.2 Å². The molecule has 0 radical (unpaired) electrons. The Morgan fingerprint density at radius 3 is 2.85 bits per heavy atom. The summed E-state index contributed by atoms with van der Waals surface area (Å²) in [5.41, 5.74) is 0.696. The van der Waals surface area contributed by atoms with Gasteiger partial charge in [0.05, 0.1) is 11.6 Å². The molecule has 2 rings (SSSR count). The molecule has 0 spiro atoms. The fourth-order valence-corrected chi connectivity index (χ4v) is 3.01. The number of nitrogens with zero attached hydrogens (tertiary/aromatic N) is 1. The van der Waals surface area contributed by atoms with Crippen LogP contribution in [0.2, 0.25) is 5.02 Å². The minimum atomic E-state index is -0.0661. The van der Waals surface area contributed by atoms with E-state index in [0.717, 1.165) is 31.0 Å². The third kappa shape index (κ3) is 4.21. The highest BCUT2D eigenvalue weighted by atomic mass is 35.5. The molecule has 1 aliphatic heterocycles. The van der Waals surface area contributed by atoms with E-state index in [1.807, 2.05) is 29.7 Å². The second-order valence-corrected chi connectivity index (χ2v) is 6.16. The molecule has 1 saturated heterocycles. The highest BCUT2D eigenvalue weighted by Crippen LogP contribution is 2.28. The first-order chi connectivity index (χ1) is 9.70. The maximum Gasteiger partial charge on any atom is 0.321 e. The fraction of sp³-hybridized carbons (Fsp3) is 0.500. The van der Waals surface area contributed by atoms with Gasteiger partial charge in [0.25, 0.3) is 0 Å². The third-order valence-electron chi connectivity index (χ3n) is 2.94. The first-order valence-corrected chi connectivity index (χ1v) is 8.30. The smallest absolute Gasteiger partial charge is 0.321 e. The summed E-state index contributed by atoms with van der Waals surface area (Å²) < 4.78 is 5.50. The molecule has 20 heavy (non-hydrogen) atoms. The predicted octanol–water partition coefficient (Wildman–Crippen LogP) is 3.71. The van der Waals surface area contributed by atoms with Gasteiger partial charge in [-0.05, 0) is 24.6 Å². The summed E-state index contributed by atoms with van der Waals surface area (Å²) >= 11 is 8.02. The molecule has 1 N–H and O–H groups in total. The van der Waals surface area contributed by atoms with Gasteiger partial charge >= 0.3 is 6.03 Å². The lowest BCUT2D eigenvalue weighted by Gasteiger charge is -2.26. The summed E-state index contributed by atoms with van der Waals surface area (Å²) in [6.45, 7) is 4.26. The van der Waals surface area contributed by atoms with Crippen molar-refractivity contribution in [1.29, 1.82) is 0 Å². The van der Waals surface area contributed by atoms with Gasteiger partial charge in [-0.3, -0.25) is 0 Å². The molecule has 1 aromatic rings. The molecular formula is C14H19ClN2O2S. The van der Waals surface area contributed by atoms with E-state index in [9.17, 15) is 4.79 Å². The average Bonchev–Trinajstić information content (AvgIpc) is 2.47. The standard InChI is InChI=1S/C14H19ClN2O2S/c1-2-7-19-13-4-3-11(10-12(13)15)16-14(18)17-5-8-20-9-6-17/h3-4,10H,2,5-9H2,1H3,(H,16,18). The number of carbonyl (C=O) groups is 1. The number of benzene rings is 1. The lowest BCUT2D eigenvalue weighted by atomic mass is 10.3. The Kier molecular flexibility index (Phi) is 5.86. The van der Waals surface area contributed by atoms with Gasteiger partial charge in [0.15, 0.2) is 0 Å². The Bertz CT molecular complexity index is 464. The van der Waals surface area contributed by atoms with Crippen molar-refractivity contribution in [2.45, 2.75) is 13.3 Å². The van der Waals surface area contributed by atoms with Crippen LogP contribution in [0.4, 0.5) is 10.5 Å². The fourth-order valence-electron chi connectivity index (χ4n) is 1.88. The molecule has 6 heteroatoms. The van der Waals surface area contributed by atoms with Crippen molar-refractivity contribution in [3.63, 3.8) is 0 Å². The highest BCUT2D eigenvalue weighted by molar-refractivity contribution is 7.99. The second kappa shape index (κ2) is 7.64. The zero-order valence-electron chi connectivity index (χ0n) is 11.5. The molecule has 0 aromatic heterocycles. The van der Waals surface area contributed by atoms with Gasteiger partial charge in [0.1, 0.15) is 5.75 Å². The summed E-state index contributed by atoms with van der Waals surface area (Å²) in [5.74, 6) is 2.65. The molecule has 0 bridgehead atoms. The topological polar surface area (TPSA) is 41.6 Å². The largest absolute Gasteiger partial charge is 0.492 e. The Hall–Kier alpha value is -1.07. The zero-order valence-corrected chi connectivity index (χ0v) is 13.1.